The Hall–Kier alpha value is -1.52. The van der Waals surface area contributed by atoms with Crippen LogP contribution in [-0.4, -0.2) is 16.0 Å². The molecule has 0 fully saturated rings. The van der Waals surface area contributed by atoms with E-state index in [1.165, 1.54) is 0 Å². The van der Waals surface area contributed by atoms with Crippen LogP contribution >= 0.6 is 11.6 Å². The number of benzene rings is 1. The molecule has 0 atom stereocenters. The van der Waals surface area contributed by atoms with E-state index >= 15 is 0 Å². The standard InChI is InChI=1S/C16H15ClN2O.BrH/c1-3-20-14-7-4-12(5-8-14)16-11(2)19-10-13(17)6-9-15(19)18-16;/h4-10H,3H2,1-2H3;1H/p-1. The Morgan fingerprint density at radius 2 is 1.86 bits per heavy atom. The second kappa shape index (κ2) is 6.50. The largest absolute Gasteiger partial charge is 1.00 e. The molecule has 2 heterocycles. The van der Waals surface area contributed by atoms with Gasteiger partial charge in [-0.05, 0) is 50.2 Å². The molecule has 0 aliphatic carbocycles. The van der Waals surface area contributed by atoms with Gasteiger partial charge in [-0.1, -0.05) is 11.6 Å². The number of aryl methyl sites for hydroxylation is 1. The van der Waals surface area contributed by atoms with E-state index in [1.807, 2.05) is 60.8 Å². The Morgan fingerprint density at radius 3 is 2.52 bits per heavy atom. The molecule has 0 aliphatic heterocycles. The maximum absolute atomic E-state index is 6.04. The topological polar surface area (TPSA) is 26.5 Å². The first-order chi connectivity index (χ1) is 9.69. The summed E-state index contributed by atoms with van der Waals surface area (Å²) in [6.07, 6.45) is 1.89. The Morgan fingerprint density at radius 1 is 1.14 bits per heavy atom. The zero-order valence-electron chi connectivity index (χ0n) is 11.8. The van der Waals surface area contributed by atoms with Crippen LogP contribution in [0.15, 0.2) is 42.6 Å². The van der Waals surface area contributed by atoms with Gasteiger partial charge in [-0.25, -0.2) is 4.98 Å². The van der Waals surface area contributed by atoms with Crippen molar-refractivity contribution < 1.29 is 21.7 Å². The maximum Gasteiger partial charge on any atom is 0.137 e. The Balaban J connectivity index is 0.00000161. The molecule has 0 unspecified atom stereocenters. The molecular formula is C16H15BrClN2O-. The van der Waals surface area contributed by atoms with Gasteiger partial charge in [-0.3, -0.25) is 0 Å². The molecule has 0 saturated heterocycles. The molecule has 0 amide bonds. The van der Waals surface area contributed by atoms with Crippen molar-refractivity contribution in [3.63, 3.8) is 0 Å². The first kappa shape index (κ1) is 15.9. The highest BCUT2D eigenvalue weighted by Gasteiger charge is 2.10. The van der Waals surface area contributed by atoms with Crippen LogP contribution in [0.3, 0.4) is 0 Å². The lowest BCUT2D eigenvalue weighted by atomic mass is 10.1. The van der Waals surface area contributed by atoms with Crippen LogP contribution < -0.4 is 21.7 Å². The minimum Gasteiger partial charge on any atom is -1.00 e. The minimum atomic E-state index is 0. The van der Waals surface area contributed by atoms with E-state index in [9.17, 15) is 0 Å². The lowest BCUT2D eigenvalue weighted by Crippen LogP contribution is -3.00. The van der Waals surface area contributed by atoms with Gasteiger partial charge in [0.1, 0.15) is 11.4 Å². The number of aromatic nitrogens is 2. The van der Waals surface area contributed by atoms with Gasteiger partial charge in [0.05, 0.1) is 17.3 Å². The summed E-state index contributed by atoms with van der Waals surface area (Å²) in [7, 11) is 0. The molecule has 3 aromatic rings. The van der Waals surface area contributed by atoms with Crippen molar-refractivity contribution >= 4 is 17.2 Å². The summed E-state index contributed by atoms with van der Waals surface area (Å²) >= 11 is 6.04. The van der Waals surface area contributed by atoms with Crippen molar-refractivity contribution in [2.24, 2.45) is 0 Å². The van der Waals surface area contributed by atoms with Gasteiger partial charge in [-0.2, -0.15) is 0 Å². The molecule has 2 aromatic heterocycles. The van der Waals surface area contributed by atoms with Crippen LogP contribution in [0.2, 0.25) is 5.02 Å². The van der Waals surface area contributed by atoms with Crippen LogP contribution in [0.1, 0.15) is 12.6 Å². The molecule has 3 rings (SSSR count). The van der Waals surface area contributed by atoms with Gasteiger partial charge < -0.3 is 26.1 Å². The van der Waals surface area contributed by atoms with Crippen molar-refractivity contribution in [2.75, 3.05) is 6.61 Å². The third-order valence-corrected chi connectivity index (χ3v) is 3.48. The highest BCUT2D eigenvalue weighted by molar-refractivity contribution is 6.30. The zero-order chi connectivity index (χ0) is 14.1. The van der Waals surface area contributed by atoms with Crippen molar-refractivity contribution in [1.82, 2.24) is 9.38 Å². The second-order valence-corrected chi connectivity index (χ2v) is 5.02. The van der Waals surface area contributed by atoms with Crippen molar-refractivity contribution in [2.45, 2.75) is 13.8 Å². The predicted octanol–water partition coefficient (Wildman–Crippen LogP) is 1.37. The number of rotatable bonds is 3. The van der Waals surface area contributed by atoms with Gasteiger partial charge in [-0.15, -0.1) is 0 Å². The van der Waals surface area contributed by atoms with Crippen LogP contribution in [0.4, 0.5) is 0 Å². The normalized spacial score (nSPS) is 10.4. The number of ether oxygens (including phenoxy) is 1. The van der Waals surface area contributed by atoms with E-state index in [2.05, 4.69) is 4.98 Å². The fourth-order valence-corrected chi connectivity index (χ4v) is 2.45. The number of hydrogen-bond acceptors (Lipinski definition) is 2. The average Bonchev–Trinajstić information content (AvgIpc) is 2.77. The van der Waals surface area contributed by atoms with E-state index in [1.54, 1.807) is 0 Å². The van der Waals surface area contributed by atoms with Gasteiger partial charge in [0.25, 0.3) is 0 Å². The minimum absolute atomic E-state index is 0. The number of nitrogens with zero attached hydrogens (tertiary/aromatic N) is 2. The molecule has 0 spiro atoms. The van der Waals surface area contributed by atoms with E-state index in [4.69, 9.17) is 16.3 Å². The van der Waals surface area contributed by atoms with Crippen LogP contribution in [0.25, 0.3) is 16.9 Å². The Kier molecular flexibility index (Phi) is 4.91. The van der Waals surface area contributed by atoms with E-state index in [-0.39, 0.29) is 17.0 Å². The molecular weight excluding hydrogens is 352 g/mol. The zero-order valence-corrected chi connectivity index (χ0v) is 14.1. The number of pyridine rings is 1. The third-order valence-electron chi connectivity index (χ3n) is 3.26. The summed E-state index contributed by atoms with van der Waals surface area (Å²) in [4.78, 5) is 4.66. The molecule has 21 heavy (non-hydrogen) atoms. The number of imidazole rings is 1. The molecule has 0 radical (unpaired) electrons. The van der Waals surface area contributed by atoms with Crippen LogP contribution in [0, 0.1) is 6.92 Å². The Bertz CT molecular complexity index is 753. The molecule has 0 N–H and O–H groups in total. The molecule has 0 saturated carbocycles. The summed E-state index contributed by atoms with van der Waals surface area (Å²) < 4.78 is 7.47. The van der Waals surface area contributed by atoms with E-state index in [0.717, 1.165) is 28.3 Å². The smallest absolute Gasteiger partial charge is 0.137 e. The van der Waals surface area contributed by atoms with Crippen LogP contribution in [0.5, 0.6) is 5.75 Å². The molecule has 0 bridgehead atoms. The van der Waals surface area contributed by atoms with Gasteiger partial charge in [0, 0.05) is 17.5 Å². The van der Waals surface area contributed by atoms with Crippen molar-refractivity contribution in [1.29, 1.82) is 0 Å². The van der Waals surface area contributed by atoms with Gasteiger partial charge in [0.2, 0.25) is 0 Å². The summed E-state index contributed by atoms with van der Waals surface area (Å²) in [6, 6.07) is 11.8. The molecule has 0 aliphatic rings. The van der Waals surface area contributed by atoms with E-state index < -0.39 is 0 Å². The molecule has 5 heteroatoms. The number of hydrogen-bond donors (Lipinski definition) is 0. The SMILES string of the molecule is CCOc1ccc(-c2nc3ccc(Cl)cn3c2C)cc1.[Br-]. The summed E-state index contributed by atoms with van der Waals surface area (Å²) in [5.41, 5.74) is 4.02. The monoisotopic (exact) mass is 365 g/mol. The first-order valence-electron chi connectivity index (χ1n) is 6.56. The number of halogens is 2. The fourth-order valence-electron chi connectivity index (χ4n) is 2.29. The Labute approximate surface area is 139 Å². The van der Waals surface area contributed by atoms with Crippen LogP contribution in [-0.2, 0) is 0 Å². The lowest BCUT2D eigenvalue weighted by Gasteiger charge is -2.04. The quantitative estimate of drug-likeness (QED) is 0.700. The van der Waals surface area contributed by atoms with Gasteiger partial charge >= 0.3 is 0 Å². The van der Waals surface area contributed by atoms with E-state index in [0.29, 0.717) is 11.6 Å². The summed E-state index contributed by atoms with van der Waals surface area (Å²) in [5, 5.41) is 0.705. The van der Waals surface area contributed by atoms with Crippen molar-refractivity contribution in [3.8, 4) is 17.0 Å². The lowest BCUT2D eigenvalue weighted by molar-refractivity contribution is -0.00000465. The molecule has 3 nitrogen and oxygen atoms in total. The van der Waals surface area contributed by atoms with Crippen molar-refractivity contribution in [3.05, 3.63) is 53.3 Å². The summed E-state index contributed by atoms with van der Waals surface area (Å²) in [6.45, 7) is 4.69. The maximum atomic E-state index is 6.04. The molecule has 1 aromatic carbocycles. The highest BCUT2D eigenvalue weighted by atomic mass is 79.9. The summed E-state index contributed by atoms with van der Waals surface area (Å²) in [5.74, 6) is 0.876. The molecule has 110 valence electrons. The first-order valence-corrected chi connectivity index (χ1v) is 6.94. The predicted molar refractivity (Wildman–Crippen MR) is 81.5 cm³/mol. The fraction of sp³-hybridized carbons (Fsp3) is 0.188. The van der Waals surface area contributed by atoms with Gasteiger partial charge in [0.15, 0.2) is 0 Å². The third kappa shape index (κ3) is 3.06. The second-order valence-electron chi connectivity index (χ2n) is 4.58. The highest BCUT2D eigenvalue weighted by Crippen LogP contribution is 2.26. The average molecular weight is 367 g/mol. The number of fused-ring (bicyclic) bond motifs is 1.